The fourth-order valence-corrected chi connectivity index (χ4v) is 0.448. The number of nitrogens with zero attached hydrogens (tertiary/aromatic N) is 1. The lowest BCUT2D eigenvalue weighted by molar-refractivity contribution is 0.230. The van der Waals surface area contributed by atoms with Gasteiger partial charge in [-0.1, -0.05) is 0 Å². The third kappa shape index (κ3) is 0.974. The highest BCUT2D eigenvalue weighted by molar-refractivity contribution is 5.80. The van der Waals surface area contributed by atoms with Crippen molar-refractivity contribution in [1.29, 1.82) is 0 Å². The summed E-state index contributed by atoms with van der Waals surface area (Å²) in [6, 6.07) is 0. The number of hydrogen-bond donors (Lipinski definition) is 3. The summed E-state index contributed by atoms with van der Waals surface area (Å²) in [6.07, 6.45) is 3.56. The first-order valence-electron chi connectivity index (χ1n) is 2.29. The van der Waals surface area contributed by atoms with Gasteiger partial charge in [0, 0.05) is 6.20 Å². The highest BCUT2D eigenvalue weighted by Crippen LogP contribution is 1.80. The summed E-state index contributed by atoms with van der Waals surface area (Å²) in [7, 11) is 0. The summed E-state index contributed by atoms with van der Waals surface area (Å²) in [5, 5.41) is 10.9. The maximum atomic E-state index is 8.21. The highest BCUT2D eigenvalue weighted by Gasteiger charge is 1.92. The zero-order valence-corrected chi connectivity index (χ0v) is 4.26. The van der Waals surface area contributed by atoms with Gasteiger partial charge in [-0.25, -0.2) is 10.5 Å². The highest BCUT2D eigenvalue weighted by atomic mass is 16.5. The Labute approximate surface area is 46.9 Å². The second-order valence-corrected chi connectivity index (χ2v) is 1.35. The van der Waals surface area contributed by atoms with Crippen molar-refractivity contribution in [1.82, 2.24) is 10.8 Å². The van der Waals surface area contributed by atoms with Gasteiger partial charge in [0.15, 0.2) is 0 Å². The molecule has 0 amide bonds. The van der Waals surface area contributed by atoms with E-state index in [-0.39, 0.29) is 0 Å². The van der Waals surface area contributed by atoms with Crippen LogP contribution in [0, 0.1) is 0 Å². The van der Waals surface area contributed by atoms with Crippen LogP contribution in [0.4, 0.5) is 0 Å². The van der Waals surface area contributed by atoms with E-state index >= 15 is 0 Å². The second-order valence-electron chi connectivity index (χ2n) is 1.35. The van der Waals surface area contributed by atoms with Gasteiger partial charge in [0.05, 0.1) is 6.54 Å². The van der Waals surface area contributed by atoms with Gasteiger partial charge in [-0.15, -0.1) is 0 Å². The van der Waals surface area contributed by atoms with Gasteiger partial charge in [0.25, 0.3) is 0 Å². The van der Waals surface area contributed by atoms with Crippen molar-refractivity contribution >= 4 is 5.96 Å². The maximum absolute atomic E-state index is 8.21. The molecular weight excluding hydrogens is 106 g/mol. The molecule has 0 atom stereocenters. The van der Waals surface area contributed by atoms with E-state index in [4.69, 9.17) is 5.21 Å². The van der Waals surface area contributed by atoms with Gasteiger partial charge < -0.3 is 5.32 Å². The lowest BCUT2D eigenvalue weighted by Crippen LogP contribution is -2.33. The predicted molar refractivity (Wildman–Crippen MR) is 29.5 cm³/mol. The van der Waals surface area contributed by atoms with Gasteiger partial charge in [-0.3, -0.25) is 5.21 Å². The molecule has 1 heterocycles. The molecule has 3 N–H and O–H groups in total. The van der Waals surface area contributed by atoms with E-state index < -0.39 is 0 Å². The molecule has 44 valence electrons. The molecule has 4 nitrogen and oxygen atoms in total. The molecule has 0 aliphatic carbocycles. The number of hydroxylamine groups is 1. The van der Waals surface area contributed by atoms with Gasteiger partial charge >= 0.3 is 0 Å². The molecule has 0 aromatic carbocycles. The largest absolute Gasteiger partial charge is 0.331 e. The first kappa shape index (κ1) is 5.11. The van der Waals surface area contributed by atoms with Crippen molar-refractivity contribution < 1.29 is 5.21 Å². The van der Waals surface area contributed by atoms with Crippen molar-refractivity contribution in [2.75, 3.05) is 6.54 Å². The van der Waals surface area contributed by atoms with Crippen molar-refractivity contribution in [2.24, 2.45) is 4.99 Å². The smallest absolute Gasteiger partial charge is 0.219 e. The molecule has 1 aliphatic heterocycles. The Hall–Kier alpha value is -1.03. The van der Waals surface area contributed by atoms with Crippen LogP contribution < -0.4 is 10.8 Å². The standard InChI is InChI=1S/C4H7N3O/c8-7-4-5-2-1-3-6-4/h1-2,8H,3H2,(H2,5,6,7). The van der Waals surface area contributed by atoms with Crippen LogP contribution in [0.15, 0.2) is 17.3 Å². The molecule has 4 heteroatoms. The number of aliphatic imine (C=N–C) groups is 1. The first-order chi connectivity index (χ1) is 3.93. The SMILES string of the molecule is ONC1=NCC=CN1. The van der Waals surface area contributed by atoms with E-state index in [0.717, 1.165) is 0 Å². The van der Waals surface area contributed by atoms with Crippen LogP contribution in [0.5, 0.6) is 0 Å². The zero-order chi connectivity index (χ0) is 5.82. The molecule has 0 radical (unpaired) electrons. The van der Waals surface area contributed by atoms with Crippen molar-refractivity contribution in [3.8, 4) is 0 Å². The summed E-state index contributed by atoms with van der Waals surface area (Å²) in [4.78, 5) is 3.81. The molecule has 0 fully saturated rings. The van der Waals surface area contributed by atoms with Crippen molar-refractivity contribution in [2.45, 2.75) is 0 Å². The third-order valence-electron chi connectivity index (χ3n) is 0.799. The molecule has 0 spiro atoms. The molecule has 0 bridgehead atoms. The minimum Gasteiger partial charge on any atom is -0.331 e. The topological polar surface area (TPSA) is 56.6 Å². The fraction of sp³-hybridized carbons (Fsp3) is 0.250. The Morgan fingerprint density at radius 3 is 3.12 bits per heavy atom. The van der Waals surface area contributed by atoms with E-state index in [2.05, 4.69) is 10.3 Å². The second kappa shape index (κ2) is 2.32. The number of rotatable bonds is 0. The normalized spacial score (nSPS) is 16.9. The average Bonchev–Trinajstić information content (AvgIpc) is 1.90. The predicted octanol–water partition coefficient (Wildman–Crippen LogP) is -0.562. The summed E-state index contributed by atoms with van der Waals surface area (Å²) in [6.45, 7) is 0.621. The summed E-state index contributed by atoms with van der Waals surface area (Å²) in [5.74, 6) is 0.396. The Bertz CT molecular complexity index is 129. The van der Waals surface area contributed by atoms with Crippen LogP contribution in [0.2, 0.25) is 0 Å². The maximum Gasteiger partial charge on any atom is 0.219 e. The molecule has 8 heavy (non-hydrogen) atoms. The Kier molecular flexibility index (Phi) is 1.48. The number of nitrogens with one attached hydrogen (secondary N) is 2. The molecule has 1 aliphatic rings. The minimum absolute atomic E-state index is 0.396. The number of hydrogen-bond acceptors (Lipinski definition) is 4. The Balaban J connectivity index is 2.43. The van der Waals surface area contributed by atoms with E-state index in [1.54, 1.807) is 6.20 Å². The molecule has 0 aromatic rings. The van der Waals surface area contributed by atoms with E-state index in [1.165, 1.54) is 0 Å². The molecule has 0 saturated carbocycles. The molecule has 1 rings (SSSR count). The van der Waals surface area contributed by atoms with Gasteiger partial charge in [-0.2, -0.15) is 0 Å². The summed E-state index contributed by atoms with van der Waals surface area (Å²) < 4.78 is 0. The summed E-state index contributed by atoms with van der Waals surface area (Å²) in [5.41, 5.74) is 1.89. The first-order valence-corrected chi connectivity index (χ1v) is 2.29. The Morgan fingerprint density at radius 1 is 1.88 bits per heavy atom. The number of guanidine groups is 1. The third-order valence-corrected chi connectivity index (χ3v) is 0.799. The lowest BCUT2D eigenvalue weighted by atomic mass is 10.5. The fourth-order valence-electron chi connectivity index (χ4n) is 0.448. The van der Waals surface area contributed by atoms with Crippen LogP contribution >= 0.6 is 0 Å². The minimum atomic E-state index is 0.396. The Morgan fingerprint density at radius 2 is 2.75 bits per heavy atom. The van der Waals surface area contributed by atoms with Gasteiger partial charge in [-0.05, 0) is 6.08 Å². The van der Waals surface area contributed by atoms with Crippen molar-refractivity contribution in [3.63, 3.8) is 0 Å². The average molecular weight is 113 g/mol. The van der Waals surface area contributed by atoms with Crippen LogP contribution in [0.3, 0.4) is 0 Å². The van der Waals surface area contributed by atoms with Crippen LogP contribution in [0.1, 0.15) is 0 Å². The molecule has 0 saturated heterocycles. The quantitative estimate of drug-likeness (QED) is 0.369. The van der Waals surface area contributed by atoms with Crippen LogP contribution in [0.25, 0.3) is 0 Å². The van der Waals surface area contributed by atoms with E-state index in [9.17, 15) is 0 Å². The molecule has 0 unspecified atom stereocenters. The van der Waals surface area contributed by atoms with Gasteiger partial charge in [0.1, 0.15) is 0 Å². The monoisotopic (exact) mass is 113 g/mol. The van der Waals surface area contributed by atoms with E-state index in [1.807, 2.05) is 11.6 Å². The van der Waals surface area contributed by atoms with Crippen LogP contribution in [-0.2, 0) is 0 Å². The van der Waals surface area contributed by atoms with E-state index in [0.29, 0.717) is 12.5 Å². The molecule has 0 aromatic heterocycles. The molecular formula is C4H7N3O. The van der Waals surface area contributed by atoms with Gasteiger partial charge in [0.2, 0.25) is 5.96 Å². The van der Waals surface area contributed by atoms with Crippen molar-refractivity contribution in [3.05, 3.63) is 12.3 Å². The van der Waals surface area contributed by atoms with Crippen LogP contribution in [-0.4, -0.2) is 17.7 Å². The summed E-state index contributed by atoms with van der Waals surface area (Å²) >= 11 is 0. The lowest BCUT2D eigenvalue weighted by Gasteiger charge is -2.05. The zero-order valence-electron chi connectivity index (χ0n) is 4.26.